The van der Waals surface area contributed by atoms with Crippen LogP contribution in [0.4, 0.5) is 0 Å². The molecular formula is C17H12N2. The molecule has 3 rings (SSSR count). The molecule has 90 valence electrons. The molecule has 1 aliphatic carbocycles. The molecule has 0 amide bonds. The minimum Gasteiger partial charge on any atom is -0.192 e. The van der Waals surface area contributed by atoms with Crippen LogP contribution in [0.2, 0.25) is 0 Å². The van der Waals surface area contributed by atoms with Crippen LogP contribution in [0, 0.1) is 22.7 Å². The summed E-state index contributed by atoms with van der Waals surface area (Å²) in [6.07, 6.45) is 2.14. The van der Waals surface area contributed by atoms with Crippen LogP contribution < -0.4 is 0 Å². The number of hydrogen-bond donors (Lipinski definition) is 0. The highest BCUT2D eigenvalue weighted by Gasteiger charge is 2.24. The van der Waals surface area contributed by atoms with Crippen LogP contribution in [-0.2, 0) is 6.42 Å². The Morgan fingerprint density at radius 2 is 1.58 bits per heavy atom. The Kier molecular flexibility index (Phi) is 2.78. The summed E-state index contributed by atoms with van der Waals surface area (Å²) < 4.78 is 0. The summed E-state index contributed by atoms with van der Waals surface area (Å²) in [6, 6.07) is 18.1. The van der Waals surface area contributed by atoms with Gasteiger partial charge in [0.15, 0.2) is 0 Å². The molecule has 19 heavy (non-hydrogen) atoms. The van der Waals surface area contributed by atoms with Crippen LogP contribution in [0.3, 0.4) is 0 Å². The van der Waals surface area contributed by atoms with E-state index in [-0.39, 0.29) is 0 Å². The number of benzene rings is 2. The molecule has 0 radical (unpaired) electrons. The molecule has 1 atom stereocenters. The fourth-order valence-electron chi connectivity index (χ4n) is 2.81. The molecule has 2 aromatic carbocycles. The molecular weight excluding hydrogens is 232 g/mol. The largest absolute Gasteiger partial charge is 0.192 e. The summed E-state index contributed by atoms with van der Waals surface area (Å²) in [7, 11) is 0. The van der Waals surface area contributed by atoms with Gasteiger partial charge < -0.3 is 0 Å². The van der Waals surface area contributed by atoms with E-state index in [0.29, 0.717) is 11.5 Å². The van der Waals surface area contributed by atoms with Crippen molar-refractivity contribution in [2.45, 2.75) is 18.8 Å². The summed E-state index contributed by atoms with van der Waals surface area (Å²) in [5.41, 5.74) is 5.25. The highest BCUT2D eigenvalue weighted by Crippen LogP contribution is 2.38. The third kappa shape index (κ3) is 1.98. The Bertz CT molecular complexity index is 700. The number of fused-ring (bicyclic) bond motifs is 1. The van der Waals surface area contributed by atoms with Gasteiger partial charge in [0.05, 0.1) is 23.3 Å². The maximum atomic E-state index is 9.01. The number of hydrogen-bond acceptors (Lipinski definition) is 2. The average Bonchev–Trinajstić information content (AvgIpc) is 2.90. The Morgan fingerprint density at radius 3 is 2.26 bits per heavy atom. The molecule has 0 saturated heterocycles. The predicted molar refractivity (Wildman–Crippen MR) is 72.5 cm³/mol. The first-order valence-electron chi connectivity index (χ1n) is 6.35. The van der Waals surface area contributed by atoms with E-state index in [4.69, 9.17) is 10.5 Å². The first-order valence-corrected chi connectivity index (χ1v) is 6.35. The van der Waals surface area contributed by atoms with E-state index in [0.717, 1.165) is 18.4 Å². The van der Waals surface area contributed by atoms with Crippen LogP contribution >= 0.6 is 0 Å². The fraction of sp³-hybridized carbons (Fsp3) is 0.176. The smallest absolute Gasteiger partial charge is 0.0991 e. The number of nitrogens with zero attached hydrogens (tertiary/aromatic N) is 2. The van der Waals surface area contributed by atoms with Crippen LogP contribution in [0.25, 0.3) is 0 Å². The number of rotatable bonds is 1. The molecule has 0 N–H and O–H groups in total. The third-order valence-electron chi connectivity index (χ3n) is 3.79. The van der Waals surface area contributed by atoms with Gasteiger partial charge in [-0.15, -0.1) is 0 Å². The molecule has 0 fully saturated rings. The predicted octanol–water partition coefficient (Wildman–Crippen LogP) is 3.51. The molecule has 0 aliphatic heterocycles. The molecule has 2 nitrogen and oxygen atoms in total. The number of nitriles is 2. The molecule has 2 heteroatoms. The second-order valence-corrected chi connectivity index (χ2v) is 4.85. The van der Waals surface area contributed by atoms with Crippen molar-refractivity contribution in [1.29, 1.82) is 10.5 Å². The molecule has 0 spiro atoms. The van der Waals surface area contributed by atoms with Crippen molar-refractivity contribution in [2.24, 2.45) is 0 Å². The minimum absolute atomic E-state index is 0.357. The van der Waals surface area contributed by atoms with Gasteiger partial charge in [-0.1, -0.05) is 18.2 Å². The fourth-order valence-corrected chi connectivity index (χ4v) is 2.81. The molecule has 0 heterocycles. The zero-order chi connectivity index (χ0) is 13.2. The Morgan fingerprint density at radius 1 is 0.895 bits per heavy atom. The zero-order valence-electron chi connectivity index (χ0n) is 10.4. The lowest BCUT2D eigenvalue weighted by Gasteiger charge is -2.12. The van der Waals surface area contributed by atoms with Gasteiger partial charge >= 0.3 is 0 Å². The second kappa shape index (κ2) is 4.59. The topological polar surface area (TPSA) is 47.6 Å². The number of aryl methyl sites for hydroxylation is 1. The van der Waals surface area contributed by atoms with E-state index in [1.807, 2.05) is 36.4 Å². The first-order chi connectivity index (χ1) is 9.31. The monoisotopic (exact) mass is 244 g/mol. The van der Waals surface area contributed by atoms with Crippen molar-refractivity contribution in [1.82, 2.24) is 0 Å². The van der Waals surface area contributed by atoms with E-state index in [2.05, 4.69) is 18.2 Å². The minimum atomic E-state index is 0.357. The molecule has 1 unspecified atom stereocenters. The molecule has 2 aromatic rings. The Labute approximate surface area is 112 Å². The van der Waals surface area contributed by atoms with Gasteiger partial charge in [-0.05, 0) is 53.8 Å². The average molecular weight is 244 g/mol. The standard InChI is InChI=1S/C17H12N2/c18-10-12-1-4-14(5-2-12)16-8-7-15-6-3-13(11-19)9-17(15)16/h1-6,9,16H,7-8H2. The third-order valence-corrected chi connectivity index (χ3v) is 3.79. The summed E-state index contributed by atoms with van der Waals surface area (Å²) in [5, 5.41) is 17.8. The molecule has 0 aromatic heterocycles. The van der Waals surface area contributed by atoms with Crippen molar-refractivity contribution in [3.8, 4) is 12.1 Å². The molecule has 1 aliphatic rings. The van der Waals surface area contributed by atoms with Crippen molar-refractivity contribution >= 4 is 0 Å². The maximum absolute atomic E-state index is 9.01. The lowest BCUT2D eigenvalue weighted by Crippen LogP contribution is -1.96. The van der Waals surface area contributed by atoms with Gasteiger partial charge in [0, 0.05) is 5.92 Å². The quantitative estimate of drug-likeness (QED) is 0.770. The Balaban J connectivity index is 2.01. The highest BCUT2D eigenvalue weighted by molar-refractivity contribution is 5.47. The van der Waals surface area contributed by atoms with E-state index in [1.54, 1.807) is 0 Å². The van der Waals surface area contributed by atoms with E-state index < -0.39 is 0 Å². The molecule has 0 saturated carbocycles. The van der Waals surface area contributed by atoms with Crippen molar-refractivity contribution < 1.29 is 0 Å². The van der Waals surface area contributed by atoms with Crippen LogP contribution in [0.1, 0.15) is 40.2 Å². The normalized spacial score (nSPS) is 16.4. The van der Waals surface area contributed by atoms with Gasteiger partial charge in [-0.2, -0.15) is 10.5 Å². The van der Waals surface area contributed by atoms with Gasteiger partial charge in [-0.25, -0.2) is 0 Å². The second-order valence-electron chi connectivity index (χ2n) is 4.85. The lowest BCUT2D eigenvalue weighted by atomic mass is 9.91. The maximum Gasteiger partial charge on any atom is 0.0991 e. The highest BCUT2D eigenvalue weighted by atomic mass is 14.3. The van der Waals surface area contributed by atoms with Crippen LogP contribution in [0.15, 0.2) is 42.5 Å². The Hall–Kier alpha value is -2.58. The van der Waals surface area contributed by atoms with Gasteiger partial charge in [-0.3, -0.25) is 0 Å². The van der Waals surface area contributed by atoms with Gasteiger partial charge in [0.1, 0.15) is 0 Å². The summed E-state index contributed by atoms with van der Waals surface area (Å²) in [4.78, 5) is 0. The molecule has 0 bridgehead atoms. The van der Waals surface area contributed by atoms with Crippen LogP contribution in [-0.4, -0.2) is 0 Å². The zero-order valence-corrected chi connectivity index (χ0v) is 10.4. The van der Waals surface area contributed by atoms with E-state index >= 15 is 0 Å². The van der Waals surface area contributed by atoms with Crippen molar-refractivity contribution in [2.75, 3.05) is 0 Å². The van der Waals surface area contributed by atoms with E-state index in [9.17, 15) is 0 Å². The van der Waals surface area contributed by atoms with E-state index in [1.165, 1.54) is 16.7 Å². The van der Waals surface area contributed by atoms with Crippen molar-refractivity contribution in [3.05, 3.63) is 70.3 Å². The summed E-state index contributed by atoms with van der Waals surface area (Å²) >= 11 is 0. The first kappa shape index (κ1) is 11.5. The van der Waals surface area contributed by atoms with Gasteiger partial charge in [0.25, 0.3) is 0 Å². The lowest BCUT2D eigenvalue weighted by molar-refractivity contribution is 0.788. The SMILES string of the molecule is N#Cc1ccc(C2CCc3ccc(C#N)cc32)cc1. The summed E-state index contributed by atoms with van der Waals surface area (Å²) in [6.45, 7) is 0. The van der Waals surface area contributed by atoms with Gasteiger partial charge in [0.2, 0.25) is 0 Å². The van der Waals surface area contributed by atoms with Crippen molar-refractivity contribution in [3.63, 3.8) is 0 Å². The van der Waals surface area contributed by atoms with Crippen LogP contribution in [0.5, 0.6) is 0 Å². The summed E-state index contributed by atoms with van der Waals surface area (Å²) in [5.74, 6) is 0.357.